The second-order valence-electron chi connectivity index (χ2n) is 11.5. The molecule has 8 aromatic carbocycles. The van der Waals surface area contributed by atoms with Crippen molar-refractivity contribution < 1.29 is 0 Å². The van der Waals surface area contributed by atoms with E-state index >= 15 is 0 Å². The summed E-state index contributed by atoms with van der Waals surface area (Å²) in [5.41, 5.74) is 11.6. The number of benzene rings is 8. The van der Waals surface area contributed by atoms with Crippen LogP contribution in [-0.2, 0) is 6.42 Å². The van der Waals surface area contributed by atoms with Crippen molar-refractivity contribution in [2.45, 2.75) is 13.3 Å². The summed E-state index contributed by atoms with van der Waals surface area (Å²) >= 11 is 0. The van der Waals surface area contributed by atoms with Gasteiger partial charge in [0.05, 0.1) is 0 Å². The lowest BCUT2D eigenvalue weighted by molar-refractivity contribution is 1.15. The summed E-state index contributed by atoms with van der Waals surface area (Å²) < 4.78 is 0. The van der Waals surface area contributed by atoms with E-state index in [1.165, 1.54) is 82.4 Å². The number of hydrogen-bond donors (Lipinski definition) is 0. The van der Waals surface area contributed by atoms with Crippen molar-refractivity contribution in [3.8, 4) is 44.5 Å². The van der Waals surface area contributed by atoms with E-state index < -0.39 is 0 Å². The van der Waals surface area contributed by atoms with Crippen LogP contribution in [0, 0.1) is 0 Å². The van der Waals surface area contributed by atoms with E-state index in [-0.39, 0.29) is 0 Å². The summed E-state index contributed by atoms with van der Waals surface area (Å²) in [6, 6.07) is 60.0. The second-order valence-corrected chi connectivity index (χ2v) is 11.5. The Morgan fingerprint density at radius 1 is 0.341 bits per heavy atom. The van der Waals surface area contributed by atoms with Gasteiger partial charge in [-0.1, -0.05) is 159 Å². The van der Waals surface area contributed by atoms with E-state index in [0.29, 0.717) is 0 Å². The first-order valence-corrected chi connectivity index (χ1v) is 15.5. The van der Waals surface area contributed by atoms with E-state index in [1.54, 1.807) is 0 Å². The highest BCUT2D eigenvalue weighted by Gasteiger charge is 2.21. The predicted molar refractivity (Wildman–Crippen MR) is 190 cm³/mol. The zero-order valence-corrected chi connectivity index (χ0v) is 24.8. The van der Waals surface area contributed by atoms with Crippen LogP contribution in [0.3, 0.4) is 0 Å². The van der Waals surface area contributed by atoms with Crippen molar-refractivity contribution in [1.29, 1.82) is 0 Å². The highest BCUT2D eigenvalue weighted by atomic mass is 14.2. The number of aryl methyl sites for hydroxylation is 1. The van der Waals surface area contributed by atoms with E-state index in [4.69, 9.17) is 0 Å². The Hall–Kier alpha value is -5.46. The van der Waals surface area contributed by atoms with Gasteiger partial charge in [-0.25, -0.2) is 0 Å². The minimum Gasteiger partial charge on any atom is -0.0622 e. The monoisotopic (exact) mass is 560 g/mol. The minimum atomic E-state index is 0.935. The van der Waals surface area contributed by atoms with Crippen LogP contribution in [0.2, 0.25) is 0 Å². The molecule has 0 heterocycles. The van der Waals surface area contributed by atoms with Gasteiger partial charge in [-0.2, -0.15) is 0 Å². The van der Waals surface area contributed by atoms with E-state index in [9.17, 15) is 0 Å². The maximum atomic E-state index is 2.50. The van der Waals surface area contributed by atoms with Gasteiger partial charge in [0, 0.05) is 0 Å². The van der Waals surface area contributed by atoms with Gasteiger partial charge in [-0.05, 0) is 101 Å². The van der Waals surface area contributed by atoms with Crippen molar-refractivity contribution in [3.63, 3.8) is 0 Å². The maximum absolute atomic E-state index is 2.50. The zero-order chi connectivity index (χ0) is 29.5. The lowest BCUT2D eigenvalue weighted by Gasteiger charge is -2.22. The van der Waals surface area contributed by atoms with E-state index in [0.717, 1.165) is 6.42 Å². The molecule has 44 heavy (non-hydrogen) atoms. The van der Waals surface area contributed by atoms with Crippen molar-refractivity contribution >= 4 is 32.3 Å². The molecular formula is C44H32. The van der Waals surface area contributed by atoms with Gasteiger partial charge < -0.3 is 0 Å². The molecule has 0 bridgehead atoms. The Bertz CT molecular complexity index is 2280. The molecule has 208 valence electrons. The largest absolute Gasteiger partial charge is 0.0622 e. The van der Waals surface area contributed by atoms with Gasteiger partial charge >= 0.3 is 0 Å². The molecule has 0 saturated carbocycles. The third kappa shape index (κ3) is 4.31. The molecule has 0 fully saturated rings. The predicted octanol–water partition coefficient (Wildman–Crippen LogP) is 12.4. The summed E-state index contributed by atoms with van der Waals surface area (Å²) in [5, 5.41) is 7.70. The van der Waals surface area contributed by atoms with Crippen LogP contribution in [0.4, 0.5) is 0 Å². The molecule has 0 saturated heterocycles. The summed E-state index contributed by atoms with van der Waals surface area (Å²) in [5.74, 6) is 0. The molecule has 8 rings (SSSR count). The van der Waals surface area contributed by atoms with Crippen LogP contribution in [0.15, 0.2) is 164 Å². The Morgan fingerprint density at radius 2 is 0.818 bits per heavy atom. The molecule has 0 radical (unpaired) electrons. The zero-order valence-electron chi connectivity index (χ0n) is 24.8. The Labute approximate surface area is 258 Å². The third-order valence-corrected chi connectivity index (χ3v) is 9.04. The number of hydrogen-bond acceptors (Lipinski definition) is 0. The van der Waals surface area contributed by atoms with Gasteiger partial charge in [0.1, 0.15) is 0 Å². The molecule has 0 heteroatoms. The standard InChI is InChI=1S/C44H32/c1-2-30-28-40-41(29-39(30)44-35-23-13-12-18-32(35)26-27-36(44)31-16-6-3-7-17-31)43(34-21-10-5-11-22-34)38-25-15-14-24-37(38)42(40)33-19-8-4-9-20-33/h3-29H,2H2,1H3. The molecule has 0 N–H and O–H groups in total. The SMILES string of the molecule is CCc1cc2c(-c3ccccc3)c3ccccc3c(-c3ccccc3)c2cc1-c1c(-c2ccccc2)ccc2ccccc12. The van der Waals surface area contributed by atoms with Gasteiger partial charge in [-0.3, -0.25) is 0 Å². The van der Waals surface area contributed by atoms with Crippen LogP contribution in [-0.4, -0.2) is 0 Å². The summed E-state index contributed by atoms with van der Waals surface area (Å²) in [7, 11) is 0. The fourth-order valence-electron chi connectivity index (χ4n) is 7.04. The highest BCUT2D eigenvalue weighted by molar-refractivity contribution is 6.22. The normalized spacial score (nSPS) is 11.4. The Kier molecular flexibility index (Phi) is 6.54. The van der Waals surface area contributed by atoms with Crippen molar-refractivity contribution in [2.24, 2.45) is 0 Å². The van der Waals surface area contributed by atoms with E-state index in [1.807, 2.05) is 0 Å². The van der Waals surface area contributed by atoms with Crippen molar-refractivity contribution in [3.05, 3.63) is 169 Å². The Morgan fingerprint density at radius 3 is 1.39 bits per heavy atom. The van der Waals surface area contributed by atoms with Crippen LogP contribution >= 0.6 is 0 Å². The topological polar surface area (TPSA) is 0 Å². The molecular weight excluding hydrogens is 528 g/mol. The van der Waals surface area contributed by atoms with Crippen LogP contribution in [0.25, 0.3) is 76.8 Å². The summed E-state index contributed by atoms with van der Waals surface area (Å²) in [4.78, 5) is 0. The molecule has 0 nitrogen and oxygen atoms in total. The first-order valence-electron chi connectivity index (χ1n) is 15.5. The number of rotatable bonds is 5. The molecule has 0 aliphatic carbocycles. The highest BCUT2D eigenvalue weighted by Crippen LogP contribution is 2.47. The van der Waals surface area contributed by atoms with Gasteiger partial charge in [0.15, 0.2) is 0 Å². The lowest BCUT2D eigenvalue weighted by Crippen LogP contribution is -1.97. The first kappa shape index (κ1) is 26.2. The van der Waals surface area contributed by atoms with Crippen molar-refractivity contribution in [2.75, 3.05) is 0 Å². The average Bonchev–Trinajstić information content (AvgIpc) is 3.10. The molecule has 0 aromatic heterocycles. The fourth-order valence-corrected chi connectivity index (χ4v) is 7.04. The third-order valence-electron chi connectivity index (χ3n) is 9.04. The minimum absolute atomic E-state index is 0.935. The number of fused-ring (bicyclic) bond motifs is 3. The quantitative estimate of drug-likeness (QED) is 0.184. The van der Waals surface area contributed by atoms with Gasteiger partial charge in [0.2, 0.25) is 0 Å². The molecule has 0 amide bonds. The van der Waals surface area contributed by atoms with Gasteiger partial charge in [-0.15, -0.1) is 0 Å². The smallest absolute Gasteiger partial charge is 0.00238 e. The maximum Gasteiger partial charge on any atom is -0.00238 e. The molecule has 0 aliphatic heterocycles. The Balaban J connectivity index is 1.58. The molecule has 0 unspecified atom stereocenters. The van der Waals surface area contributed by atoms with Crippen LogP contribution in [0.1, 0.15) is 12.5 Å². The van der Waals surface area contributed by atoms with Crippen molar-refractivity contribution in [1.82, 2.24) is 0 Å². The van der Waals surface area contributed by atoms with Crippen LogP contribution in [0.5, 0.6) is 0 Å². The summed E-state index contributed by atoms with van der Waals surface area (Å²) in [6.45, 7) is 2.29. The molecule has 0 aliphatic rings. The van der Waals surface area contributed by atoms with Gasteiger partial charge in [0.25, 0.3) is 0 Å². The van der Waals surface area contributed by atoms with Crippen LogP contribution < -0.4 is 0 Å². The average molecular weight is 561 g/mol. The molecule has 8 aromatic rings. The first-order chi connectivity index (χ1) is 21.8. The molecule has 0 spiro atoms. The second kappa shape index (κ2) is 11.0. The lowest BCUT2D eigenvalue weighted by atomic mass is 9.81. The summed E-state index contributed by atoms with van der Waals surface area (Å²) in [6.07, 6.45) is 0.935. The molecule has 0 atom stereocenters. The van der Waals surface area contributed by atoms with E-state index in [2.05, 4.69) is 171 Å². The fraction of sp³-hybridized carbons (Fsp3) is 0.0455.